The first-order valence-corrected chi connectivity index (χ1v) is 4.53. The molecule has 0 radical (unpaired) electrons. The molecule has 0 aliphatic carbocycles. The van der Waals surface area contributed by atoms with E-state index >= 15 is 0 Å². The first-order chi connectivity index (χ1) is 7.26. The lowest BCUT2D eigenvalue weighted by molar-refractivity contribution is 0.0727. The van der Waals surface area contributed by atoms with Crippen molar-refractivity contribution >= 4 is 5.82 Å². The number of anilines is 1. The standard InChI is InChI=1S/C10H13N3O2/c1-15-7-9(14)6-13-10-3-2-8(4-11)5-12-10/h2-3,5,9,14H,6-7H2,1H3,(H,12,13). The third kappa shape index (κ3) is 3.94. The van der Waals surface area contributed by atoms with Crippen molar-refractivity contribution in [2.45, 2.75) is 6.10 Å². The minimum Gasteiger partial charge on any atom is -0.389 e. The summed E-state index contributed by atoms with van der Waals surface area (Å²) in [5.41, 5.74) is 0.512. The Hall–Kier alpha value is -1.64. The Labute approximate surface area is 88.3 Å². The van der Waals surface area contributed by atoms with E-state index in [0.29, 0.717) is 17.9 Å². The molecule has 0 spiro atoms. The van der Waals surface area contributed by atoms with E-state index in [1.54, 1.807) is 12.1 Å². The summed E-state index contributed by atoms with van der Waals surface area (Å²) >= 11 is 0. The zero-order valence-corrected chi connectivity index (χ0v) is 8.47. The monoisotopic (exact) mass is 207 g/mol. The Morgan fingerprint density at radius 3 is 3.00 bits per heavy atom. The Bertz CT molecular complexity index is 332. The second kappa shape index (κ2) is 5.96. The summed E-state index contributed by atoms with van der Waals surface area (Å²) in [5.74, 6) is 0.629. The number of ether oxygens (including phenoxy) is 1. The summed E-state index contributed by atoms with van der Waals surface area (Å²) in [7, 11) is 1.53. The number of aromatic nitrogens is 1. The number of hydrogen-bond acceptors (Lipinski definition) is 5. The Morgan fingerprint density at radius 2 is 2.47 bits per heavy atom. The molecule has 15 heavy (non-hydrogen) atoms. The molecule has 1 atom stereocenters. The molecule has 0 aliphatic rings. The number of pyridine rings is 1. The normalized spacial score (nSPS) is 11.8. The van der Waals surface area contributed by atoms with Crippen LogP contribution in [-0.4, -0.2) is 36.5 Å². The summed E-state index contributed by atoms with van der Waals surface area (Å²) in [4.78, 5) is 4.00. The number of aliphatic hydroxyl groups is 1. The SMILES string of the molecule is COCC(O)CNc1ccc(C#N)cn1. The van der Waals surface area contributed by atoms with E-state index in [9.17, 15) is 5.11 Å². The van der Waals surface area contributed by atoms with Crippen LogP contribution in [-0.2, 0) is 4.74 Å². The Balaban J connectivity index is 2.41. The van der Waals surface area contributed by atoms with Crippen LogP contribution in [0.4, 0.5) is 5.82 Å². The maximum Gasteiger partial charge on any atom is 0.126 e. The average Bonchev–Trinajstić information content (AvgIpc) is 2.27. The number of methoxy groups -OCH3 is 1. The third-order valence-electron chi connectivity index (χ3n) is 1.77. The predicted octanol–water partition coefficient (Wildman–Crippen LogP) is 0.372. The number of rotatable bonds is 5. The van der Waals surface area contributed by atoms with Gasteiger partial charge in [-0.05, 0) is 12.1 Å². The van der Waals surface area contributed by atoms with E-state index in [1.165, 1.54) is 13.3 Å². The van der Waals surface area contributed by atoms with E-state index in [0.717, 1.165) is 0 Å². The molecule has 1 aromatic heterocycles. The topological polar surface area (TPSA) is 78.2 Å². The van der Waals surface area contributed by atoms with Gasteiger partial charge in [0.1, 0.15) is 11.9 Å². The molecule has 0 bridgehead atoms. The smallest absolute Gasteiger partial charge is 0.126 e. The van der Waals surface area contributed by atoms with Gasteiger partial charge in [0.15, 0.2) is 0 Å². The van der Waals surface area contributed by atoms with Crippen LogP contribution in [0.1, 0.15) is 5.56 Å². The Kier molecular flexibility index (Phi) is 4.54. The van der Waals surface area contributed by atoms with Crippen LogP contribution in [0.25, 0.3) is 0 Å². The van der Waals surface area contributed by atoms with Gasteiger partial charge in [-0.1, -0.05) is 0 Å². The molecular formula is C10H13N3O2. The van der Waals surface area contributed by atoms with E-state index in [2.05, 4.69) is 10.3 Å². The second-order valence-electron chi connectivity index (χ2n) is 3.03. The number of nitriles is 1. The van der Waals surface area contributed by atoms with Crippen molar-refractivity contribution in [3.8, 4) is 6.07 Å². The first kappa shape index (κ1) is 11.4. The van der Waals surface area contributed by atoms with Gasteiger partial charge in [-0.25, -0.2) is 4.98 Å². The van der Waals surface area contributed by atoms with Gasteiger partial charge in [0.25, 0.3) is 0 Å². The fourth-order valence-electron chi connectivity index (χ4n) is 1.04. The van der Waals surface area contributed by atoms with Crippen molar-refractivity contribution in [2.24, 2.45) is 0 Å². The van der Waals surface area contributed by atoms with Crippen LogP contribution < -0.4 is 5.32 Å². The highest BCUT2D eigenvalue weighted by Gasteiger charge is 2.02. The van der Waals surface area contributed by atoms with Gasteiger partial charge in [0.05, 0.1) is 18.3 Å². The highest BCUT2D eigenvalue weighted by molar-refractivity contribution is 5.38. The third-order valence-corrected chi connectivity index (χ3v) is 1.77. The predicted molar refractivity (Wildman–Crippen MR) is 55.3 cm³/mol. The van der Waals surface area contributed by atoms with Crippen molar-refractivity contribution in [3.63, 3.8) is 0 Å². The summed E-state index contributed by atoms with van der Waals surface area (Å²) in [6.45, 7) is 0.649. The van der Waals surface area contributed by atoms with E-state index in [1.807, 2.05) is 6.07 Å². The first-order valence-electron chi connectivity index (χ1n) is 4.53. The van der Waals surface area contributed by atoms with Gasteiger partial charge in [-0.3, -0.25) is 0 Å². The lowest BCUT2D eigenvalue weighted by Gasteiger charge is -2.10. The molecule has 0 saturated heterocycles. The number of aliphatic hydroxyl groups excluding tert-OH is 1. The average molecular weight is 207 g/mol. The summed E-state index contributed by atoms with van der Waals surface area (Å²) in [6.07, 6.45) is 0.915. The molecule has 1 aromatic rings. The second-order valence-corrected chi connectivity index (χ2v) is 3.03. The largest absolute Gasteiger partial charge is 0.389 e. The molecule has 0 aromatic carbocycles. The zero-order valence-electron chi connectivity index (χ0n) is 8.47. The van der Waals surface area contributed by atoms with Crippen molar-refractivity contribution in [3.05, 3.63) is 23.9 Å². The molecule has 5 nitrogen and oxygen atoms in total. The molecule has 0 fully saturated rings. The van der Waals surface area contributed by atoms with Crippen LogP contribution in [0.15, 0.2) is 18.3 Å². The lowest BCUT2D eigenvalue weighted by atomic mass is 10.3. The number of hydrogen-bond donors (Lipinski definition) is 2. The van der Waals surface area contributed by atoms with Gasteiger partial charge in [0.2, 0.25) is 0 Å². The van der Waals surface area contributed by atoms with Crippen LogP contribution in [0.5, 0.6) is 0 Å². The Morgan fingerprint density at radius 1 is 1.67 bits per heavy atom. The fourth-order valence-corrected chi connectivity index (χ4v) is 1.04. The highest BCUT2D eigenvalue weighted by Crippen LogP contribution is 2.03. The van der Waals surface area contributed by atoms with Gasteiger partial charge in [-0.2, -0.15) is 5.26 Å². The minimum atomic E-state index is -0.563. The number of nitrogens with zero attached hydrogens (tertiary/aromatic N) is 2. The maximum absolute atomic E-state index is 9.34. The molecule has 1 heterocycles. The molecule has 2 N–H and O–H groups in total. The van der Waals surface area contributed by atoms with Gasteiger partial charge in [-0.15, -0.1) is 0 Å². The van der Waals surface area contributed by atoms with E-state index in [-0.39, 0.29) is 6.61 Å². The van der Waals surface area contributed by atoms with Crippen molar-refractivity contribution in [1.82, 2.24) is 4.98 Å². The molecule has 1 unspecified atom stereocenters. The van der Waals surface area contributed by atoms with Crippen LogP contribution in [0.3, 0.4) is 0 Å². The van der Waals surface area contributed by atoms with Crippen LogP contribution in [0, 0.1) is 11.3 Å². The van der Waals surface area contributed by atoms with Crippen molar-refractivity contribution in [1.29, 1.82) is 5.26 Å². The molecule has 0 amide bonds. The summed E-state index contributed by atoms with van der Waals surface area (Å²) in [6, 6.07) is 5.34. The molecule has 0 aliphatic heterocycles. The lowest BCUT2D eigenvalue weighted by Crippen LogP contribution is -2.24. The maximum atomic E-state index is 9.34. The molecule has 1 rings (SSSR count). The van der Waals surface area contributed by atoms with Gasteiger partial charge in [0, 0.05) is 19.9 Å². The quantitative estimate of drug-likeness (QED) is 0.729. The highest BCUT2D eigenvalue weighted by atomic mass is 16.5. The fraction of sp³-hybridized carbons (Fsp3) is 0.400. The minimum absolute atomic E-state index is 0.281. The molecule has 5 heteroatoms. The molecule has 0 saturated carbocycles. The van der Waals surface area contributed by atoms with E-state index < -0.39 is 6.10 Å². The van der Waals surface area contributed by atoms with Crippen molar-refractivity contribution < 1.29 is 9.84 Å². The summed E-state index contributed by atoms with van der Waals surface area (Å²) < 4.78 is 4.78. The van der Waals surface area contributed by atoms with Gasteiger partial charge < -0.3 is 15.2 Å². The van der Waals surface area contributed by atoms with E-state index in [4.69, 9.17) is 10.00 Å². The zero-order chi connectivity index (χ0) is 11.1. The van der Waals surface area contributed by atoms with Crippen LogP contribution in [0.2, 0.25) is 0 Å². The molecule has 80 valence electrons. The van der Waals surface area contributed by atoms with Gasteiger partial charge >= 0.3 is 0 Å². The number of nitrogens with one attached hydrogen (secondary N) is 1. The molecular weight excluding hydrogens is 194 g/mol. The van der Waals surface area contributed by atoms with Crippen LogP contribution >= 0.6 is 0 Å². The summed E-state index contributed by atoms with van der Waals surface area (Å²) in [5, 5.41) is 20.8. The van der Waals surface area contributed by atoms with Crippen molar-refractivity contribution in [2.75, 3.05) is 25.6 Å².